The van der Waals surface area contributed by atoms with Gasteiger partial charge >= 0.3 is 0 Å². The Morgan fingerprint density at radius 2 is 1.77 bits per heavy atom. The lowest BCUT2D eigenvalue weighted by Gasteiger charge is -2.04. The molecule has 0 N–H and O–H groups in total. The van der Waals surface area contributed by atoms with Crippen LogP contribution < -0.4 is 0 Å². The van der Waals surface area contributed by atoms with E-state index in [-0.39, 0.29) is 5.69 Å². The molecular formula is C13H8BrN5O2S. The molecule has 7 nitrogen and oxygen atoms in total. The number of non-ortho nitro benzene ring substituents is 1. The zero-order valence-electron chi connectivity index (χ0n) is 11.0. The summed E-state index contributed by atoms with van der Waals surface area (Å²) in [6.07, 6.45) is 0. The van der Waals surface area contributed by atoms with Gasteiger partial charge in [-0.2, -0.15) is 4.68 Å². The maximum Gasteiger partial charge on any atom is 0.269 e. The van der Waals surface area contributed by atoms with E-state index in [9.17, 15) is 10.1 Å². The smallest absolute Gasteiger partial charge is 0.258 e. The second kappa shape index (κ2) is 6.24. The number of nitro groups is 1. The van der Waals surface area contributed by atoms with E-state index in [2.05, 4.69) is 31.5 Å². The molecule has 0 atom stereocenters. The molecule has 0 aliphatic rings. The average molecular weight is 378 g/mol. The van der Waals surface area contributed by atoms with Crippen molar-refractivity contribution in [1.29, 1.82) is 0 Å². The maximum atomic E-state index is 10.7. The molecule has 3 rings (SSSR count). The second-order valence-electron chi connectivity index (χ2n) is 4.20. The van der Waals surface area contributed by atoms with Crippen molar-refractivity contribution in [3.8, 4) is 5.69 Å². The molecule has 0 aliphatic carbocycles. The monoisotopic (exact) mass is 377 g/mol. The van der Waals surface area contributed by atoms with Crippen LogP contribution in [-0.4, -0.2) is 25.1 Å². The van der Waals surface area contributed by atoms with Gasteiger partial charge in [0.25, 0.3) is 5.69 Å². The van der Waals surface area contributed by atoms with Crippen molar-refractivity contribution in [1.82, 2.24) is 20.2 Å². The maximum absolute atomic E-state index is 10.7. The first-order valence-corrected chi connectivity index (χ1v) is 7.71. The highest BCUT2D eigenvalue weighted by Gasteiger charge is 2.11. The molecule has 1 aromatic heterocycles. The van der Waals surface area contributed by atoms with Gasteiger partial charge in [0.05, 0.1) is 10.6 Å². The average Bonchev–Trinajstić information content (AvgIpc) is 2.97. The highest BCUT2D eigenvalue weighted by molar-refractivity contribution is 9.10. The van der Waals surface area contributed by atoms with Crippen molar-refractivity contribution in [2.45, 2.75) is 10.1 Å². The Hall–Kier alpha value is -2.26. The number of hydrogen-bond donors (Lipinski definition) is 0. The van der Waals surface area contributed by atoms with Crippen molar-refractivity contribution >= 4 is 33.4 Å². The molecule has 9 heteroatoms. The van der Waals surface area contributed by atoms with Crippen LogP contribution in [0.15, 0.2) is 63.1 Å². The van der Waals surface area contributed by atoms with Crippen molar-refractivity contribution in [2.75, 3.05) is 0 Å². The number of halogens is 1. The van der Waals surface area contributed by atoms with E-state index >= 15 is 0 Å². The molecule has 2 aromatic carbocycles. The molecule has 0 spiro atoms. The van der Waals surface area contributed by atoms with E-state index in [1.54, 1.807) is 16.8 Å². The standard InChI is InChI=1S/C13H8BrN5O2S/c14-9-1-3-10(4-2-9)18-13(15-16-17-18)22-12-7-5-11(6-8-12)19(20)21/h1-8H. The molecule has 0 saturated heterocycles. The van der Waals surface area contributed by atoms with Crippen LogP contribution in [0.5, 0.6) is 0 Å². The molecule has 0 radical (unpaired) electrons. The summed E-state index contributed by atoms with van der Waals surface area (Å²) in [6, 6.07) is 13.8. The van der Waals surface area contributed by atoms with Gasteiger partial charge in [-0.3, -0.25) is 10.1 Å². The van der Waals surface area contributed by atoms with Crippen LogP contribution in [-0.2, 0) is 0 Å². The van der Waals surface area contributed by atoms with Crippen LogP contribution >= 0.6 is 27.7 Å². The summed E-state index contributed by atoms with van der Waals surface area (Å²) in [7, 11) is 0. The number of nitro benzene ring substituents is 1. The lowest BCUT2D eigenvalue weighted by atomic mass is 10.3. The SMILES string of the molecule is O=[N+]([O-])c1ccc(Sc2nnnn2-c2ccc(Br)cc2)cc1. The highest BCUT2D eigenvalue weighted by atomic mass is 79.9. The molecule has 0 fully saturated rings. The quantitative estimate of drug-likeness (QED) is 0.510. The van der Waals surface area contributed by atoms with Crippen LogP contribution in [0.4, 0.5) is 5.69 Å². The van der Waals surface area contributed by atoms with E-state index in [4.69, 9.17) is 0 Å². The number of benzene rings is 2. The summed E-state index contributed by atoms with van der Waals surface area (Å²) in [5, 5.41) is 22.9. The summed E-state index contributed by atoms with van der Waals surface area (Å²) in [6.45, 7) is 0. The van der Waals surface area contributed by atoms with Crippen LogP contribution in [0.3, 0.4) is 0 Å². The Morgan fingerprint density at radius 3 is 2.41 bits per heavy atom. The number of aromatic nitrogens is 4. The fraction of sp³-hybridized carbons (Fsp3) is 0. The molecule has 22 heavy (non-hydrogen) atoms. The first-order valence-electron chi connectivity index (χ1n) is 6.10. The van der Waals surface area contributed by atoms with Crippen LogP contribution in [0, 0.1) is 10.1 Å². The summed E-state index contributed by atoms with van der Waals surface area (Å²) in [5.41, 5.74) is 0.884. The Kier molecular flexibility index (Phi) is 4.16. The predicted molar refractivity (Wildman–Crippen MR) is 84.1 cm³/mol. The number of nitrogens with zero attached hydrogens (tertiary/aromatic N) is 5. The van der Waals surface area contributed by atoms with Gasteiger partial charge in [-0.15, -0.1) is 5.10 Å². The van der Waals surface area contributed by atoms with Crippen LogP contribution in [0.2, 0.25) is 0 Å². The first-order chi connectivity index (χ1) is 10.6. The van der Waals surface area contributed by atoms with Crippen molar-refractivity contribution in [2.24, 2.45) is 0 Å². The van der Waals surface area contributed by atoms with Gasteiger partial charge in [-0.05, 0) is 58.6 Å². The van der Waals surface area contributed by atoms with Gasteiger partial charge in [0.15, 0.2) is 0 Å². The summed E-state index contributed by atoms with van der Waals surface area (Å²) < 4.78 is 2.58. The van der Waals surface area contributed by atoms with Crippen molar-refractivity contribution in [3.63, 3.8) is 0 Å². The Labute approximate surface area is 137 Å². The van der Waals surface area contributed by atoms with E-state index < -0.39 is 4.92 Å². The minimum Gasteiger partial charge on any atom is -0.258 e. The van der Waals surface area contributed by atoms with Gasteiger partial charge in [0, 0.05) is 21.5 Å². The van der Waals surface area contributed by atoms with E-state index in [0.29, 0.717) is 5.16 Å². The van der Waals surface area contributed by atoms with Crippen molar-refractivity contribution in [3.05, 3.63) is 63.1 Å². The molecule has 0 amide bonds. The first kappa shape index (κ1) is 14.7. The zero-order chi connectivity index (χ0) is 15.5. The number of tetrazole rings is 1. The molecule has 0 saturated carbocycles. The minimum absolute atomic E-state index is 0.0526. The molecule has 110 valence electrons. The predicted octanol–water partition coefficient (Wildman–Crippen LogP) is 3.48. The summed E-state index contributed by atoms with van der Waals surface area (Å²) in [4.78, 5) is 11.0. The Bertz CT molecular complexity index is 804. The van der Waals surface area contributed by atoms with Crippen LogP contribution in [0.25, 0.3) is 5.69 Å². The van der Waals surface area contributed by atoms with Gasteiger partial charge in [0.2, 0.25) is 5.16 Å². The number of hydrogen-bond acceptors (Lipinski definition) is 6. The zero-order valence-corrected chi connectivity index (χ0v) is 13.4. The third-order valence-electron chi connectivity index (χ3n) is 2.77. The van der Waals surface area contributed by atoms with Crippen LogP contribution in [0.1, 0.15) is 0 Å². The fourth-order valence-corrected chi connectivity index (χ4v) is 2.78. The third-order valence-corrected chi connectivity index (χ3v) is 4.24. The van der Waals surface area contributed by atoms with E-state index in [1.807, 2.05) is 24.3 Å². The molecule has 0 unspecified atom stereocenters. The summed E-state index contributed by atoms with van der Waals surface area (Å²) >= 11 is 4.71. The van der Waals surface area contributed by atoms with Crippen molar-refractivity contribution < 1.29 is 4.92 Å². The molecule has 1 heterocycles. The lowest BCUT2D eigenvalue weighted by Crippen LogP contribution is -1.98. The molecule has 3 aromatic rings. The second-order valence-corrected chi connectivity index (χ2v) is 6.16. The topological polar surface area (TPSA) is 86.7 Å². The molecule has 0 bridgehead atoms. The Balaban J connectivity index is 1.86. The van der Waals surface area contributed by atoms with Gasteiger partial charge in [-0.25, -0.2) is 0 Å². The van der Waals surface area contributed by atoms with Gasteiger partial charge in [-0.1, -0.05) is 15.9 Å². The van der Waals surface area contributed by atoms with Gasteiger partial charge in [0.1, 0.15) is 0 Å². The summed E-state index contributed by atoms with van der Waals surface area (Å²) in [5.74, 6) is 0. The molecular weight excluding hydrogens is 370 g/mol. The fourth-order valence-electron chi connectivity index (χ4n) is 1.73. The lowest BCUT2D eigenvalue weighted by molar-refractivity contribution is -0.384. The largest absolute Gasteiger partial charge is 0.269 e. The Morgan fingerprint density at radius 1 is 1.09 bits per heavy atom. The normalized spacial score (nSPS) is 10.6. The van der Waals surface area contributed by atoms with Gasteiger partial charge < -0.3 is 0 Å². The van der Waals surface area contributed by atoms with E-state index in [1.165, 1.54) is 23.9 Å². The molecule has 0 aliphatic heterocycles. The third kappa shape index (κ3) is 3.15. The van der Waals surface area contributed by atoms with E-state index in [0.717, 1.165) is 15.1 Å². The minimum atomic E-state index is -0.430. The number of rotatable bonds is 4. The highest BCUT2D eigenvalue weighted by Crippen LogP contribution is 2.28.